The summed E-state index contributed by atoms with van der Waals surface area (Å²) in [5, 5.41) is 9.21. The molecule has 0 aliphatic rings. The molecule has 1 N–H and O–H groups in total. The van der Waals surface area contributed by atoms with Crippen LogP contribution >= 0.6 is 0 Å². The first kappa shape index (κ1) is 14.8. The number of benzene rings is 1. The highest BCUT2D eigenvalue weighted by atomic mass is 16.5. The van der Waals surface area contributed by atoms with Crippen LogP contribution in [0.25, 0.3) is 0 Å². The fourth-order valence-electron chi connectivity index (χ4n) is 1.91. The van der Waals surface area contributed by atoms with Crippen molar-refractivity contribution in [3.8, 4) is 11.5 Å². The van der Waals surface area contributed by atoms with Crippen molar-refractivity contribution in [2.75, 3.05) is 19.8 Å². The second kappa shape index (κ2) is 8.81. The summed E-state index contributed by atoms with van der Waals surface area (Å²) in [4.78, 5) is 0. The van der Waals surface area contributed by atoms with Gasteiger partial charge in [-0.1, -0.05) is 25.5 Å². The molecule has 18 heavy (non-hydrogen) atoms. The van der Waals surface area contributed by atoms with Crippen LogP contribution < -0.4 is 9.47 Å². The Morgan fingerprint density at radius 1 is 1.06 bits per heavy atom. The van der Waals surface area contributed by atoms with Crippen molar-refractivity contribution in [1.29, 1.82) is 0 Å². The average Bonchev–Trinajstić information content (AvgIpc) is 2.40. The summed E-state index contributed by atoms with van der Waals surface area (Å²) in [5.41, 5.74) is 0. The van der Waals surface area contributed by atoms with E-state index >= 15 is 0 Å². The van der Waals surface area contributed by atoms with Gasteiger partial charge in [-0.2, -0.15) is 0 Å². The molecule has 0 aliphatic heterocycles. The van der Waals surface area contributed by atoms with Crippen LogP contribution in [0.2, 0.25) is 0 Å². The van der Waals surface area contributed by atoms with Crippen molar-refractivity contribution >= 4 is 0 Å². The molecule has 0 fully saturated rings. The lowest BCUT2D eigenvalue weighted by Crippen LogP contribution is -2.11. The van der Waals surface area contributed by atoms with Crippen LogP contribution in [0, 0.1) is 5.92 Å². The normalized spacial score (nSPS) is 12.2. The van der Waals surface area contributed by atoms with Crippen LogP contribution in [0.15, 0.2) is 24.3 Å². The third kappa shape index (κ3) is 4.96. The van der Waals surface area contributed by atoms with Crippen LogP contribution in [0.3, 0.4) is 0 Å². The zero-order chi connectivity index (χ0) is 13.2. The van der Waals surface area contributed by atoms with Gasteiger partial charge in [0.15, 0.2) is 11.5 Å². The van der Waals surface area contributed by atoms with Gasteiger partial charge < -0.3 is 14.6 Å². The molecule has 0 radical (unpaired) electrons. The van der Waals surface area contributed by atoms with E-state index in [1.165, 1.54) is 0 Å². The number of hydrogen-bond donors (Lipinski definition) is 1. The molecule has 3 nitrogen and oxygen atoms in total. The molecule has 0 saturated heterocycles. The van der Waals surface area contributed by atoms with Gasteiger partial charge in [-0.15, -0.1) is 0 Å². The van der Waals surface area contributed by atoms with Crippen molar-refractivity contribution in [1.82, 2.24) is 0 Å². The predicted molar refractivity (Wildman–Crippen MR) is 73.2 cm³/mol. The highest BCUT2D eigenvalue weighted by Gasteiger charge is 2.08. The fourth-order valence-corrected chi connectivity index (χ4v) is 1.91. The van der Waals surface area contributed by atoms with E-state index in [1.54, 1.807) is 0 Å². The first-order valence-electron chi connectivity index (χ1n) is 6.77. The van der Waals surface area contributed by atoms with E-state index in [9.17, 15) is 5.11 Å². The fraction of sp³-hybridized carbons (Fsp3) is 0.600. The minimum Gasteiger partial charge on any atom is -0.490 e. The number of hydrogen-bond acceptors (Lipinski definition) is 3. The molecule has 1 rings (SSSR count). The Bertz CT molecular complexity index is 325. The third-order valence-electron chi connectivity index (χ3n) is 2.89. The van der Waals surface area contributed by atoms with E-state index in [2.05, 4.69) is 6.92 Å². The summed E-state index contributed by atoms with van der Waals surface area (Å²) >= 11 is 0. The molecule has 0 saturated carbocycles. The Kier molecular flexibility index (Phi) is 7.26. The summed E-state index contributed by atoms with van der Waals surface area (Å²) in [6.45, 7) is 5.59. The SMILES string of the molecule is CCCC(CO)CCOc1ccccc1OCC. The Hall–Kier alpha value is -1.22. The standard InChI is InChI=1S/C15H24O3/c1-3-7-13(12-16)10-11-18-15-9-6-5-8-14(15)17-4-2/h5-6,8-9,13,16H,3-4,7,10-12H2,1-2H3. The first-order valence-corrected chi connectivity index (χ1v) is 6.77. The van der Waals surface area contributed by atoms with Crippen molar-refractivity contribution in [2.45, 2.75) is 33.1 Å². The molecule has 0 bridgehead atoms. The molecule has 0 amide bonds. The maximum Gasteiger partial charge on any atom is 0.161 e. The molecule has 0 spiro atoms. The van der Waals surface area contributed by atoms with E-state index in [0.29, 0.717) is 19.1 Å². The summed E-state index contributed by atoms with van der Waals surface area (Å²) in [7, 11) is 0. The number of ether oxygens (including phenoxy) is 2. The van der Waals surface area contributed by atoms with Gasteiger partial charge in [-0.3, -0.25) is 0 Å². The minimum atomic E-state index is 0.240. The summed E-state index contributed by atoms with van der Waals surface area (Å²) in [6.07, 6.45) is 3.03. The Morgan fingerprint density at radius 2 is 1.72 bits per heavy atom. The van der Waals surface area contributed by atoms with Gasteiger partial charge in [0.05, 0.1) is 13.2 Å². The highest BCUT2D eigenvalue weighted by Crippen LogP contribution is 2.26. The van der Waals surface area contributed by atoms with Crippen molar-refractivity contribution in [3.05, 3.63) is 24.3 Å². The van der Waals surface area contributed by atoms with Crippen LogP contribution in [-0.4, -0.2) is 24.9 Å². The van der Waals surface area contributed by atoms with Gasteiger partial charge in [0, 0.05) is 6.61 Å². The van der Waals surface area contributed by atoms with Gasteiger partial charge in [-0.25, -0.2) is 0 Å². The second-order valence-corrected chi connectivity index (χ2v) is 4.35. The number of aliphatic hydroxyl groups excluding tert-OH is 1. The van der Waals surface area contributed by atoms with Crippen LogP contribution in [0.4, 0.5) is 0 Å². The van der Waals surface area contributed by atoms with Crippen molar-refractivity contribution in [2.24, 2.45) is 5.92 Å². The van der Waals surface area contributed by atoms with Crippen LogP contribution in [-0.2, 0) is 0 Å². The lowest BCUT2D eigenvalue weighted by atomic mass is 10.0. The molecule has 1 aromatic carbocycles. The summed E-state index contributed by atoms with van der Waals surface area (Å²) < 4.78 is 11.2. The number of rotatable bonds is 9. The second-order valence-electron chi connectivity index (χ2n) is 4.35. The number of para-hydroxylation sites is 2. The van der Waals surface area contributed by atoms with Crippen LogP contribution in [0.1, 0.15) is 33.1 Å². The first-order chi connectivity index (χ1) is 8.81. The zero-order valence-corrected chi connectivity index (χ0v) is 11.4. The molecular formula is C15H24O3. The smallest absolute Gasteiger partial charge is 0.161 e. The van der Waals surface area contributed by atoms with E-state index in [0.717, 1.165) is 30.8 Å². The summed E-state index contributed by atoms with van der Waals surface area (Å²) in [5.74, 6) is 1.91. The van der Waals surface area contributed by atoms with Gasteiger partial charge in [0.1, 0.15) is 0 Å². The molecule has 0 aromatic heterocycles. The predicted octanol–water partition coefficient (Wildman–Crippen LogP) is 3.26. The molecule has 1 unspecified atom stereocenters. The quantitative estimate of drug-likeness (QED) is 0.733. The largest absolute Gasteiger partial charge is 0.490 e. The number of aliphatic hydroxyl groups is 1. The average molecular weight is 252 g/mol. The monoisotopic (exact) mass is 252 g/mol. The van der Waals surface area contributed by atoms with E-state index in [-0.39, 0.29) is 6.61 Å². The Balaban J connectivity index is 2.42. The third-order valence-corrected chi connectivity index (χ3v) is 2.89. The maximum atomic E-state index is 9.21. The lowest BCUT2D eigenvalue weighted by molar-refractivity contribution is 0.181. The minimum absolute atomic E-state index is 0.240. The van der Waals surface area contributed by atoms with Gasteiger partial charge in [-0.05, 0) is 37.8 Å². The Morgan fingerprint density at radius 3 is 2.28 bits per heavy atom. The van der Waals surface area contributed by atoms with Gasteiger partial charge in [0.2, 0.25) is 0 Å². The molecule has 0 aliphatic carbocycles. The van der Waals surface area contributed by atoms with Gasteiger partial charge in [0.25, 0.3) is 0 Å². The van der Waals surface area contributed by atoms with Crippen molar-refractivity contribution < 1.29 is 14.6 Å². The zero-order valence-electron chi connectivity index (χ0n) is 11.4. The van der Waals surface area contributed by atoms with E-state index in [1.807, 2.05) is 31.2 Å². The Labute approximate surface area is 110 Å². The molecule has 3 heteroatoms. The molecule has 1 aromatic rings. The lowest BCUT2D eigenvalue weighted by Gasteiger charge is -2.15. The topological polar surface area (TPSA) is 38.7 Å². The molecule has 0 heterocycles. The molecular weight excluding hydrogens is 228 g/mol. The molecule has 1 atom stereocenters. The van der Waals surface area contributed by atoms with Gasteiger partial charge >= 0.3 is 0 Å². The van der Waals surface area contributed by atoms with E-state index < -0.39 is 0 Å². The summed E-state index contributed by atoms with van der Waals surface area (Å²) in [6, 6.07) is 7.70. The van der Waals surface area contributed by atoms with Crippen LogP contribution in [0.5, 0.6) is 11.5 Å². The maximum absolute atomic E-state index is 9.21. The highest BCUT2D eigenvalue weighted by molar-refractivity contribution is 5.39. The van der Waals surface area contributed by atoms with Crippen molar-refractivity contribution in [3.63, 3.8) is 0 Å². The van der Waals surface area contributed by atoms with E-state index in [4.69, 9.17) is 9.47 Å². The molecule has 102 valence electrons.